The first kappa shape index (κ1) is 9.87. The number of hydrogen-bond acceptors (Lipinski definition) is 3. The van der Waals surface area contributed by atoms with E-state index in [0.29, 0.717) is 6.08 Å². The average Bonchev–Trinajstić information content (AvgIpc) is 1.87. The fourth-order valence-electron chi connectivity index (χ4n) is 0.368. The highest BCUT2D eigenvalue weighted by Crippen LogP contribution is 2.03. The van der Waals surface area contributed by atoms with Gasteiger partial charge < -0.3 is 9.84 Å². The number of allylic oxidation sites excluding steroid dienone is 1. The van der Waals surface area contributed by atoms with Crippen LogP contribution in [-0.2, 0) is 9.53 Å². The molecule has 0 spiro atoms. The van der Waals surface area contributed by atoms with Crippen LogP contribution < -0.4 is 0 Å². The SMILES string of the molecule is CCOC(=O)/C=C(\O)C(F)F. The van der Waals surface area contributed by atoms with Crippen LogP contribution in [0.1, 0.15) is 6.92 Å². The zero-order valence-electron chi connectivity index (χ0n) is 5.88. The smallest absolute Gasteiger partial charge is 0.334 e. The van der Waals surface area contributed by atoms with Gasteiger partial charge in [-0.05, 0) is 6.92 Å². The van der Waals surface area contributed by atoms with Gasteiger partial charge in [0.25, 0.3) is 6.43 Å². The van der Waals surface area contributed by atoms with E-state index in [1.807, 2.05) is 0 Å². The summed E-state index contributed by atoms with van der Waals surface area (Å²) in [7, 11) is 0. The first-order valence-electron chi connectivity index (χ1n) is 2.93. The van der Waals surface area contributed by atoms with Crippen molar-refractivity contribution < 1.29 is 23.4 Å². The van der Waals surface area contributed by atoms with Crippen molar-refractivity contribution in [1.29, 1.82) is 0 Å². The molecule has 5 heteroatoms. The van der Waals surface area contributed by atoms with Gasteiger partial charge in [0.1, 0.15) is 0 Å². The number of halogens is 2. The highest BCUT2D eigenvalue weighted by molar-refractivity contribution is 5.82. The van der Waals surface area contributed by atoms with Crippen LogP contribution in [0.3, 0.4) is 0 Å². The predicted molar refractivity (Wildman–Crippen MR) is 33.3 cm³/mol. The standard InChI is InChI=1S/C6H8F2O3/c1-2-11-5(10)3-4(9)6(7)8/h3,6,9H,2H2,1H3/b4-3-. The van der Waals surface area contributed by atoms with Gasteiger partial charge in [0.05, 0.1) is 12.7 Å². The van der Waals surface area contributed by atoms with Crippen LogP contribution in [0.25, 0.3) is 0 Å². The quantitative estimate of drug-likeness (QED) is 0.390. The molecule has 0 aliphatic heterocycles. The molecule has 0 aromatic rings. The molecule has 0 aliphatic carbocycles. The number of carbonyl (C=O) groups is 1. The lowest BCUT2D eigenvalue weighted by Gasteiger charge is -1.97. The molecular formula is C6H8F2O3. The predicted octanol–water partition coefficient (Wildman–Crippen LogP) is 1.26. The number of hydrogen-bond donors (Lipinski definition) is 1. The molecule has 3 nitrogen and oxygen atoms in total. The van der Waals surface area contributed by atoms with Gasteiger partial charge in [-0.15, -0.1) is 0 Å². The highest BCUT2D eigenvalue weighted by atomic mass is 19.3. The van der Waals surface area contributed by atoms with Crippen molar-refractivity contribution in [1.82, 2.24) is 0 Å². The van der Waals surface area contributed by atoms with Gasteiger partial charge >= 0.3 is 5.97 Å². The van der Waals surface area contributed by atoms with Gasteiger partial charge in [0.15, 0.2) is 5.76 Å². The number of aliphatic hydroxyl groups is 1. The van der Waals surface area contributed by atoms with Crippen molar-refractivity contribution in [2.45, 2.75) is 13.3 Å². The summed E-state index contributed by atoms with van der Waals surface area (Å²) in [5.74, 6) is -2.24. The Balaban J connectivity index is 3.97. The molecule has 0 rings (SSSR count). The summed E-state index contributed by atoms with van der Waals surface area (Å²) in [4.78, 5) is 10.4. The number of alkyl halides is 2. The summed E-state index contributed by atoms with van der Waals surface area (Å²) in [5, 5.41) is 8.33. The minimum Gasteiger partial charge on any atom is -0.506 e. The molecule has 0 unspecified atom stereocenters. The number of esters is 1. The van der Waals surface area contributed by atoms with E-state index in [1.54, 1.807) is 0 Å². The first-order valence-corrected chi connectivity index (χ1v) is 2.93. The van der Waals surface area contributed by atoms with Gasteiger partial charge in [0.2, 0.25) is 0 Å². The van der Waals surface area contributed by atoms with Gasteiger partial charge in [-0.25, -0.2) is 13.6 Å². The Hall–Kier alpha value is -1.13. The maximum atomic E-state index is 11.5. The van der Waals surface area contributed by atoms with Crippen molar-refractivity contribution >= 4 is 5.97 Å². The molecule has 0 radical (unpaired) electrons. The van der Waals surface area contributed by atoms with E-state index in [0.717, 1.165) is 0 Å². The minimum absolute atomic E-state index is 0.0891. The van der Waals surface area contributed by atoms with Crippen LogP contribution in [0, 0.1) is 0 Å². The van der Waals surface area contributed by atoms with E-state index in [4.69, 9.17) is 5.11 Å². The molecule has 1 N–H and O–H groups in total. The van der Waals surface area contributed by atoms with E-state index in [2.05, 4.69) is 4.74 Å². The van der Waals surface area contributed by atoms with Crippen LogP contribution >= 0.6 is 0 Å². The Morgan fingerprint density at radius 1 is 1.73 bits per heavy atom. The lowest BCUT2D eigenvalue weighted by molar-refractivity contribution is -0.137. The van der Waals surface area contributed by atoms with Crippen molar-refractivity contribution in [2.24, 2.45) is 0 Å². The second-order valence-electron chi connectivity index (χ2n) is 1.62. The maximum absolute atomic E-state index is 11.5. The van der Waals surface area contributed by atoms with Crippen LogP contribution in [0.2, 0.25) is 0 Å². The molecule has 0 atom stereocenters. The van der Waals surface area contributed by atoms with Crippen LogP contribution in [0.15, 0.2) is 11.8 Å². The second-order valence-corrected chi connectivity index (χ2v) is 1.62. The Morgan fingerprint density at radius 3 is 2.64 bits per heavy atom. The third kappa shape index (κ3) is 4.30. The minimum atomic E-state index is -3.03. The van der Waals surface area contributed by atoms with E-state index in [9.17, 15) is 13.6 Å². The maximum Gasteiger partial charge on any atom is 0.334 e. The summed E-state index contributed by atoms with van der Waals surface area (Å²) < 4.78 is 27.3. The van der Waals surface area contributed by atoms with Gasteiger partial charge in [-0.2, -0.15) is 0 Å². The fourth-order valence-corrected chi connectivity index (χ4v) is 0.368. The number of rotatable bonds is 3. The Morgan fingerprint density at radius 2 is 2.27 bits per heavy atom. The summed E-state index contributed by atoms with van der Waals surface area (Å²) in [6.45, 7) is 1.62. The zero-order chi connectivity index (χ0) is 8.85. The molecule has 0 aromatic heterocycles. The lowest BCUT2D eigenvalue weighted by Crippen LogP contribution is -2.04. The molecule has 0 amide bonds. The first-order chi connectivity index (χ1) is 5.07. The number of carbonyl (C=O) groups excluding carboxylic acids is 1. The molecule has 0 aromatic carbocycles. The summed E-state index contributed by atoms with van der Waals surface area (Å²) in [5.41, 5.74) is 0. The Kier molecular flexibility index (Phi) is 4.17. The van der Waals surface area contributed by atoms with E-state index >= 15 is 0 Å². The van der Waals surface area contributed by atoms with Crippen molar-refractivity contribution in [3.8, 4) is 0 Å². The van der Waals surface area contributed by atoms with Crippen LogP contribution in [0.5, 0.6) is 0 Å². The van der Waals surface area contributed by atoms with Crippen molar-refractivity contribution in [3.63, 3.8) is 0 Å². The Labute approximate surface area is 62.3 Å². The molecule has 64 valence electrons. The summed E-state index contributed by atoms with van der Waals surface area (Å²) >= 11 is 0. The van der Waals surface area contributed by atoms with E-state index < -0.39 is 18.2 Å². The molecule has 0 saturated carbocycles. The molecule has 0 saturated heterocycles. The summed E-state index contributed by atoms with van der Waals surface area (Å²) in [6, 6.07) is 0. The third-order valence-corrected chi connectivity index (χ3v) is 0.776. The largest absolute Gasteiger partial charge is 0.506 e. The molecule has 0 bridgehead atoms. The molecule has 0 aliphatic rings. The highest BCUT2D eigenvalue weighted by Gasteiger charge is 2.10. The summed E-state index contributed by atoms with van der Waals surface area (Å²) in [6.07, 6.45) is -2.67. The molecule has 0 heterocycles. The van der Waals surface area contributed by atoms with Crippen LogP contribution in [0.4, 0.5) is 8.78 Å². The third-order valence-electron chi connectivity index (χ3n) is 0.776. The normalized spacial score (nSPS) is 11.8. The Bertz CT molecular complexity index is 165. The van der Waals surface area contributed by atoms with Gasteiger partial charge in [0, 0.05) is 0 Å². The van der Waals surface area contributed by atoms with Crippen molar-refractivity contribution in [2.75, 3.05) is 6.61 Å². The lowest BCUT2D eigenvalue weighted by atomic mass is 10.4. The zero-order valence-corrected chi connectivity index (χ0v) is 5.88. The van der Waals surface area contributed by atoms with E-state index in [1.165, 1.54) is 6.92 Å². The number of aliphatic hydroxyl groups excluding tert-OH is 1. The fraction of sp³-hybridized carbons (Fsp3) is 0.500. The average molecular weight is 166 g/mol. The molecule has 0 fully saturated rings. The second kappa shape index (κ2) is 4.65. The van der Waals surface area contributed by atoms with E-state index in [-0.39, 0.29) is 6.61 Å². The van der Waals surface area contributed by atoms with Gasteiger partial charge in [-0.3, -0.25) is 0 Å². The van der Waals surface area contributed by atoms with Crippen LogP contribution in [-0.4, -0.2) is 24.1 Å². The van der Waals surface area contributed by atoms with Gasteiger partial charge in [-0.1, -0.05) is 0 Å². The monoisotopic (exact) mass is 166 g/mol. The topological polar surface area (TPSA) is 46.5 Å². The van der Waals surface area contributed by atoms with Crippen molar-refractivity contribution in [3.05, 3.63) is 11.8 Å². The molecule has 11 heavy (non-hydrogen) atoms. The number of ether oxygens (including phenoxy) is 1. The molecular weight excluding hydrogens is 158 g/mol.